The molecule has 1 aromatic carbocycles. The second-order valence-electron chi connectivity index (χ2n) is 5.79. The van der Waals surface area contributed by atoms with Gasteiger partial charge >= 0.3 is 0 Å². The van der Waals surface area contributed by atoms with E-state index in [0.717, 1.165) is 29.9 Å². The van der Waals surface area contributed by atoms with Crippen LogP contribution in [0.15, 0.2) is 30.5 Å². The van der Waals surface area contributed by atoms with Crippen molar-refractivity contribution in [3.8, 4) is 0 Å². The first-order valence-electron chi connectivity index (χ1n) is 7.83. The number of amides is 1. The molecule has 0 unspecified atom stereocenters. The Hall–Kier alpha value is -2.23. The SMILES string of the molecule is CCc1ncc2c(n1)CN(C(=O)CCc1ccccc1C)C2. The molecular weight excluding hydrogens is 274 g/mol. The molecule has 0 aliphatic carbocycles. The van der Waals surface area contributed by atoms with Crippen LogP contribution in [-0.2, 0) is 30.7 Å². The third-order valence-corrected chi connectivity index (χ3v) is 4.24. The number of hydrogen-bond acceptors (Lipinski definition) is 3. The maximum absolute atomic E-state index is 12.4. The Morgan fingerprint density at radius 2 is 2.09 bits per heavy atom. The van der Waals surface area contributed by atoms with Crippen LogP contribution in [0.5, 0.6) is 0 Å². The molecule has 3 rings (SSSR count). The van der Waals surface area contributed by atoms with Crippen LogP contribution in [0.25, 0.3) is 0 Å². The summed E-state index contributed by atoms with van der Waals surface area (Å²) >= 11 is 0. The number of aromatic nitrogens is 2. The monoisotopic (exact) mass is 295 g/mol. The highest BCUT2D eigenvalue weighted by Gasteiger charge is 2.24. The summed E-state index contributed by atoms with van der Waals surface area (Å²) < 4.78 is 0. The first-order chi connectivity index (χ1) is 10.7. The quantitative estimate of drug-likeness (QED) is 0.871. The van der Waals surface area contributed by atoms with Crippen molar-refractivity contribution >= 4 is 5.91 Å². The molecule has 4 heteroatoms. The van der Waals surface area contributed by atoms with Gasteiger partial charge in [-0.15, -0.1) is 0 Å². The van der Waals surface area contributed by atoms with Gasteiger partial charge in [-0.25, -0.2) is 9.97 Å². The summed E-state index contributed by atoms with van der Waals surface area (Å²) in [5, 5.41) is 0. The van der Waals surface area contributed by atoms with Crippen molar-refractivity contribution in [2.45, 2.75) is 46.2 Å². The molecule has 0 fully saturated rings. The zero-order chi connectivity index (χ0) is 15.5. The van der Waals surface area contributed by atoms with Gasteiger partial charge in [0.25, 0.3) is 0 Å². The van der Waals surface area contributed by atoms with Crippen LogP contribution in [0.4, 0.5) is 0 Å². The number of carbonyl (C=O) groups is 1. The lowest BCUT2D eigenvalue weighted by molar-refractivity contribution is -0.131. The van der Waals surface area contributed by atoms with Crippen LogP contribution < -0.4 is 0 Å². The van der Waals surface area contributed by atoms with Gasteiger partial charge < -0.3 is 4.90 Å². The molecule has 114 valence electrons. The third kappa shape index (κ3) is 3.01. The zero-order valence-corrected chi connectivity index (χ0v) is 13.2. The Balaban J connectivity index is 1.62. The molecule has 0 saturated carbocycles. The molecule has 1 aliphatic rings. The van der Waals surface area contributed by atoms with Gasteiger partial charge in [0.15, 0.2) is 0 Å². The Bertz CT molecular complexity index is 696. The first-order valence-corrected chi connectivity index (χ1v) is 7.83. The molecule has 0 atom stereocenters. The summed E-state index contributed by atoms with van der Waals surface area (Å²) in [6.45, 7) is 5.40. The van der Waals surface area contributed by atoms with E-state index in [2.05, 4.69) is 29.0 Å². The average Bonchev–Trinajstić information content (AvgIpc) is 2.96. The molecule has 4 nitrogen and oxygen atoms in total. The zero-order valence-electron chi connectivity index (χ0n) is 13.2. The Kier molecular flexibility index (Phi) is 4.18. The number of aryl methyl sites for hydroxylation is 3. The number of fused-ring (bicyclic) bond motifs is 1. The summed E-state index contributed by atoms with van der Waals surface area (Å²) in [5.41, 5.74) is 4.59. The topological polar surface area (TPSA) is 46.1 Å². The number of hydrogen-bond donors (Lipinski definition) is 0. The fraction of sp³-hybridized carbons (Fsp3) is 0.389. The molecule has 1 aromatic heterocycles. The van der Waals surface area contributed by atoms with Crippen molar-refractivity contribution in [1.82, 2.24) is 14.9 Å². The molecule has 0 spiro atoms. The van der Waals surface area contributed by atoms with E-state index in [-0.39, 0.29) is 5.91 Å². The van der Waals surface area contributed by atoms with Gasteiger partial charge in [0.1, 0.15) is 5.82 Å². The maximum atomic E-state index is 12.4. The van der Waals surface area contributed by atoms with E-state index >= 15 is 0 Å². The average molecular weight is 295 g/mol. The lowest BCUT2D eigenvalue weighted by Crippen LogP contribution is -2.25. The van der Waals surface area contributed by atoms with Crippen molar-refractivity contribution < 1.29 is 4.79 Å². The summed E-state index contributed by atoms with van der Waals surface area (Å²) in [5.74, 6) is 1.05. The van der Waals surface area contributed by atoms with Gasteiger partial charge in [-0.2, -0.15) is 0 Å². The van der Waals surface area contributed by atoms with Crippen LogP contribution in [0, 0.1) is 6.92 Å². The second-order valence-corrected chi connectivity index (χ2v) is 5.79. The highest BCUT2D eigenvalue weighted by atomic mass is 16.2. The predicted octanol–water partition coefficient (Wildman–Crippen LogP) is 2.82. The first kappa shape index (κ1) is 14.7. The summed E-state index contributed by atoms with van der Waals surface area (Å²) in [6.07, 6.45) is 4.04. The van der Waals surface area contributed by atoms with Crippen LogP contribution in [0.2, 0.25) is 0 Å². The predicted molar refractivity (Wildman–Crippen MR) is 85.2 cm³/mol. The van der Waals surface area contributed by atoms with Crippen LogP contribution in [-0.4, -0.2) is 20.8 Å². The minimum absolute atomic E-state index is 0.194. The van der Waals surface area contributed by atoms with E-state index in [1.165, 1.54) is 11.1 Å². The fourth-order valence-corrected chi connectivity index (χ4v) is 2.83. The molecular formula is C18H21N3O. The Morgan fingerprint density at radius 3 is 2.86 bits per heavy atom. The van der Waals surface area contributed by atoms with Crippen molar-refractivity contribution in [1.29, 1.82) is 0 Å². The van der Waals surface area contributed by atoms with Crippen molar-refractivity contribution in [3.63, 3.8) is 0 Å². The number of nitrogens with zero attached hydrogens (tertiary/aromatic N) is 3. The minimum atomic E-state index is 0.194. The van der Waals surface area contributed by atoms with Crippen LogP contribution in [0.1, 0.15) is 41.6 Å². The van der Waals surface area contributed by atoms with Crippen molar-refractivity contribution in [2.24, 2.45) is 0 Å². The van der Waals surface area contributed by atoms with E-state index in [0.29, 0.717) is 19.5 Å². The molecule has 22 heavy (non-hydrogen) atoms. The molecule has 0 bridgehead atoms. The van der Waals surface area contributed by atoms with Crippen LogP contribution >= 0.6 is 0 Å². The number of benzene rings is 1. The van der Waals surface area contributed by atoms with Gasteiger partial charge in [0, 0.05) is 31.1 Å². The highest BCUT2D eigenvalue weighted by Crippen LogP contribution is 2.21. The molecule has 0 N–H and O–H groups in total. The van der Waals surface area contributed by atoms with Gasteiger partial charge in [0.05, 0.1) is 12.2 Å². The maximum Gasteiger partial charge on any atom is 0.223 e. The van der Waals surface area contributed by atoms with Crippen molar-refractivity contribution in [3.05, 3.63) is 58.7 Å². The summed E-state index contributed by atoms with van der Waals surface area (Å²) in [6, 6.07) is 8.25. The molecule has 1 amide bonds. The minimum Gasteiger partial charge on any atom is -0.332 e. The number of rotatable bonds is 4. The van der Waals surface area contributed by atoms with Gasteiger partial charge in [-0.1, -0.05) is 31.2 Å². The van der Waals surface area contributed by atoms with E-state index in [1.807, 2.05) is 30.2 Å². The largest absolute Gasteiger partial charge is 0.332 e. The third-order valence-electron chi connectivity index (χ3n) is 4.24. The van der Waals surface area contributed by atoms with Gasteiger partial charge in [0.2, 0.25) is 5.91 Å². The smallest absolute Gasteiger partial charge is 0.223 e. The van der Waals surface area contributed by atoms with E-state index < -0.39 is 0 Å². The molecule has 2 heterocycles. The normalized spacial score (nSPS) is 13.3. The molecule has 0 radical (unpaired) electrons. The van der Waals surface area contributed by atoms with E-state index in [4.69, 9.17) is 0 Å². The fourth-order valence-electron chi connectivity index (χ4n) is 2.83. The Labute approximate surface area is 131 Å². The molecule has 0 saturated heterocycles. The Morgan fingerprint density at radius 1 is 1.27 bits per heavy atom. The molecule has 2 aromatic rings. The second kappa shape index (κ2) is 6.26. The van der Waals surface area contributed by atoms with E-state index in [1.54, 1.807) is 0 Å². The van der Waals surface area contributed by atoms with Gasteiger partial charge in [-0.3, -0.25) is 4.79 Å². The van der Waals surface area contributed by atoms with Crippen molar-refractivity contribution in [2.75, 3.05) is 0 Å². The van der Waals surface area contributed by atoms with Crippen LogP contribution in [0.3, 0.4) is 0 Å². The summed E-state index contributed by atoms with van der Waals surface area (Å²) in [4.78, 5) is 23.2. The van der Waals surface area contributed by atoms with Gasteiger partial charge in [-0.05, 0) is 24.5 Å². The lowest BCUT2D eigenvalue weighted by Gasteiger charge is -2.15. The van der Waals surface area contributed by atoms with E-state index in [9.17, 15) is 4.79 Å². The summed E-state index contributed by atoms with van der Waals surface area (Å²) in [7, 11) is 0. The molecule has 1 aliphatic heterocycles. The highest BCUT2D eigenvalue weighted by molar-refractivity contribution is 5.77. The number of carbonyl (C=O) groups excluding carboxylic acids is 1. The standard InChI is InChI=1S/C18H21N3O/c1-3-17-19-10-15-11-21(12-16(15)20-17)18(22)9-8-14-7-5-4-6-13(14)2/h4-7,10H,3,8-9,11-12H2,1-2H3. The lowest BCUT2D eigenvalue weighted by atomic mass is 10.0.